The number of hydrogen-bond acceptors (Lipinski definition) is 5. The Morgan fingerprint density at radius 3 is 1.78 bits per heavy atom. The molecule has 0 fully saturated rings. The Kier molecular flexibility index (Phi) is 2.70. The summed E-state index contributed by atoms with van der Waals surface area (Å²) in [6.07, 6.45) is 4.81. The van der Waals surface area contributed by atoms with Crippen LogP contribution in [0.5, 0.6) is 11.8 Å². The molecule has 9 heteroatoms. The van der Waals surface area contributed by atoms with E-state index in [0.29, 0.717) is 17.4 Å². The lowest BCUT2D eigenvalue weighted by Gasteiger charge is -2.12. The lowest BCUT2D eigenvalue weighted by atomic mass is 9.85. The second kappa shape index (κ2) is 4.66. The van der Waals surface area contributed by atoms with Crippen molar-refractivity contribution in [1.29, 1.82) is 0 Å². The molecule has 0 saturated carbocycles. The molecule has 18 heavy (non-hydrogen) atoms. The van der Waals surface area contributed by atoms with Gasteiger partial charge in [-0.3, -0.25) is 5.10 Å². The molecular formula is C9H9BN6O2. The van der Waals surface area contributed by atoms with E-state index < -0.39 is 7.12 Å². The lowest BCUT2D eigenvalue weighted by Crippen LogP contribution is -2.43. The van der Waals surface area contributed by atoms with Gasteiger partial charge in [0.1, 0.15) is 0 Å². The minimum atomic E-state index is -0.673. The van der Waals surface area contributed by atoms with Gasteiger partial charge in [-0.25, -0.2) is 10.2 Å². The van der Waals surface area contributed by atoms with Crippen LogP contribution in [0.3, 0.4) is 0 Å². The molecule has 0 aliphatic rings. The van der Waals surface area contributed by atoms with Crippen LogP contribution in [0.4, 0.5) is 0 Å². The maximum absolute atomic E-state index is 5.61. The number of H-pyrrole nitrogens is 3. The summed E-state index contributed by atoms with van der Waals surface area (Å²) in [7, 11) is -0.673. The summed E-state index contributed by atoms with van der Waals surface area (Å²) in [5.74, 6) is 0.989. The van der Waals surface area contributed by atoms with Gasteiger partial charge in [0.05, 0.1) is 18.0 Å². The summed E-state index contributed by atoms with van der Waals surface area (Å²) in [6.45, 7) is 0. The van der Waals surface area contributed by atoms with E-state index in [1.165, 1.54) is 0 Å². The van der Waals surface area contributed by atoms with Gasteiger partial charge in [0.25, 0.3) is 0 Å². The van der Waals surface area contributed by atoms with Gasteiger partial charge in [0.15, 0.2) is 11.8 Å². The topological polar surface area (TPSA) is 104 Å². The van der Waals surface area contributed by atoms with E-state index in [-0.39, 0.29) is 0 Å². The first-order chi connectivity index (χ1) is 8.92. The second-order valence-corrected chi connectivity index (χ2v) is 3.42. The molecule has 90 valence electrons. The standard InChI is InChI=1S/C9H9BN6O2/c1-4-11-14-7(1)10(17-8-2-5-12-15-8)18-9-3-6-13-16-9/h1-6H,(H,11,14)(H,12,15)(H,13,16). The summed E-state index contributed by atoms with van der Waals surface area (Å²) in [4.78, 5) is 0. The first kappa shape index (κ1) is 10.4. The van der Waals surface area contributed by atoms with Gasteiger partial charge in [0.2, 0.25) is 0 Å². The molecule has 3 heterocycles. The normalized spacial score (nSPS) is 10.2. The third-order valence-electron chi connectivity index (χ3n) is 2.19. The molecule has 0 atom stereocenters. The largest absolute Gasteiger partial charge is 0.653 e. The van der Waals surface area contributed by atoms with Gasteiger partial charge in [-0.2, -0.15) is 15.3 Å². The molecule has 0 bridgehead atoms. The first-order valence-corrected chi connectivity index (χ1v) is 5.23. The van der Waals surface area contributed by atoms with Crippen LogP contribution in [0, 0.1) is 0 Å². The highest BCUT2D eigenvalue weighted by molar-refractivity contribution is 6.61. The number of hydrogen-bond donors (Lipinski definition) is 3. The summed E-state index contributed by atoms with van der Waals surface area (Å²) >= 11 is 0. The number of nitrogens with one attached hydrogen (secondary N) is 3. The van der Waals surface area contributed by atoms with Crippen LogP contribution in [0.1, 0.15) is 0 Å². The highest BCUT2D eigenvalue weighted by Gasteiger charge is 2.29. The van der Waals surface area contributed by atoms with Gasteiger partial charge in [-0.15, -0.1) is 0 Å². The van der Waals surface area contributed by atoms with Gasteiger partial charge >= 0.3 is 7.12 Å². The van der Waals surface area contributed by atoms with E-state index >= 15 is 0 Å². The number of aromatic nitrogens is 6. The maximum Gasteiger partial charge on any atom is 0.653 e. The minimum Gasteiger partial charge on any atom is -0.507 e. The Morgan fingerprint density at radius 2 is 1.33 bits per heavy atom. The maximum atomic E-state index is 5.61. The van der Waals surface area contributed by atoms with Crippen molar-refractivity contribution in [1.82, 2.24) is 30.6 Å². The van der Waals surface area contributed by atoms with Crippen molar-refractivity contribution in [3.63, 3.8) is 0 Å². The van der Waals surface area contributed by atoms with Crippen LogP contribution in [0.2, 0.25) is 0 Å². The van der Waals surface area contributed by atoms with Crippen molar-refractivity contribution in [3.8, 4) is 11.8 Å². The van der Waals surface area contributed by atoms with E-state index in [4.69, 9.17) is 9.31 Å². The van der Waals surface area contributed by atoms with Crippen molar-refractivity contribution in [2.45, 2.75) is 0 Å². The smallest absolute Gasteiger partial charge is 0.507 e. The molecule has 0 unspecified atom stereocenters. The Labute approximate surface area is 102 Å². The molecule has 0 aliphatic heterocycles. The van der Waals surface area contributed by atoms with E-state index in [9.17, 15) is 0 Å². The van der Waals surface area contributed by atoms with Crippen LogP contribution in [0.25, 0.3) is 0 Å². The van der Waals surface area contributed by atoms with E-state index in [2.05, 4.69) is 30.6 Å². The monoisotopic (exact) mass is 244 g/mol. The Bertz CT molecular complexity index is 528. The summed E-state index contributed by atoms with van der Waals surface area (Å²) in [6, 6.07) is 5.15. The van der Waals surface area contributed by atoms with Crippen LogP contribution in [-0.4, -0.2) is 37.7 Å². The Hall–Kier alpha value is -2.71. The Balaban J connectivity index is 1.80. The molecule has 8 nitrogen and oxygen atoms in total. The van der Waals surface area contributed by atoms with Crippen LogP contribution in [-0.2, 0) is 0 Å². The fraction of sp³-hybridized carbons (Fsp3) is 0. The van der Waals surface area contributed by atoms with Crippen LogP contribution < -0.4 is 14.9 Å². The molecule has 3 aromatic heterocycles. The second-order valence-electron chi connectivity index (χ2n) is 3.42. The van der Waals surface area contributed by atoms with Gasteiger partial charge in [-0.1, -0.05) is 0 Å². The van der Waals surface area contributed by atoms with Crippen molar-refractivity contribution in [2.24, 2.45) is 0 Å². The quantitative estimate of drug-likeness (QED) is 0.535. The predicted molar refractivity (Wildman–Crippen MR) is 62.4 cm³/mol. The molecule has 3 aromatic rings. The highest BCUT2D eigenvalue weighted by Crippen LogP contribution is 2.08. The zero-order chi connectivity index (χ0) is 12.2. The fourth-order valence-electron chi connectivity index (χ4n) is 1.40. The van der Waals surface area contributed by atoms with Crippen molar-refractivity contribution < 1.29 is 9.31 Å². The minimum absolute atomic E-state index is 0.495. The summed E-state index contributed by atoms with van der Waals surface area (Å²) in [5.41, 5.74) is 0.680. The van der Waals surface area contributed by atoms with Crippen LogP contribution >= 0.6 is 0 Å². The predicted octanol–water partition coefficient (Wildman–Crippen LogP) is -0.291. The molecule has 3 N–H and O–H groups in total. The number of nitrogens with zero attached hydrogens (tertiary/aromatic N) is 3. The van der Waals surface area contributed by atoms with Crippen molar-refractivity contribution >= 4 is 12.7 Å². The number of rotatable bonds is 5. The summed E-state index contributed by atoms with van der Waals surface area (Å²) < 4.78 is 11.2. The molecule has 0 radical (unpaired) electrons. The molecule has 0 aromatic carbocycles. The van der Waals surface area contributed by atoms with E-state index in [1.54, 1.807) is 36.8 Å². The van der Waals surface area contributed by atoms with Crippen LogP contribution in [0.15, 0.2) is 36.8 Å². The Morgan fingerprint density at radius 1 is 0.778 bits per heavy atom. The molecule has 0 spiro atoms. The highest BCUT2D eigenvalue weighted by atomic mass is 16.6. The van der Waals surface area contributed by atoms with Gasteiger partial charge in [-0.05, 0) is 6.07 Å². The molecule has 0 amide bonds. The molecular weight excluding hydrogens is 235 g/mol. The van der Waals surface area contributed by atoms with E-state index in [1.807, 2.05) is 0 Å². The molecule has 0 saturated heterocycles. The van der Waals surface area contributed by atoms with Crippen molar-refractivity contribution in [3.05, 3.63) is 36.8 Å². The molecule has 0 aliphatic carbocycles. The average Bonchev–Trinajstić information content (AvgIpc) is 3.13. The SMILES string of the molecule is c1cc(OB(Oc2ccn[nH]2)c2ccn[nH]2)[nH]n1. The lowest BCUT2D eigenvalue weighted by molar-refractivity contribution is 0.418. The van der Waals surface area contributed by atoms with E-state index in [0.717, 1.165) is 0 Å². The fourth-order valence-corrected chi connectivity index (χ4v) is 1.40. The van der Waals surface area contributed by atoms with Crippen molar-refractivity contribution in [2.75, 3.05) is 0 Å². The first-order valence-electron chi connectivity index (χ1n) is 5.23. The number of aromatic amines is 3. The summed E-state index contributed by atoms with van der Waals surface area (Å²) in [5, 5.41) is 19.7. The third-order valence-corrected chi connectivity index (χ3v) is 2.19. The van der Waals surface area contributed by atoms with Gasteiger partial charge < -0.3 is 9.31 Å². The zero-order valence-electron chi connectivity index (χ0n) is 9.20. The van der Waals surface area contributed by atoms with Gasteiger partial charge in [0, 0.05) is 18.3 Å². The third kappa shape index (κ3) is 2.19. The zero-order valence-corrected chi connectivity index (χ0v) is 9.20. The average molecular weight is 244 g/mol. The molecule has 3 rings (SSSR count).